The molecule has 0 aliphatic rings. The van der Waals surface area contributed by atoms with Crippen molar-refractivity contribution in [3.63, 3.8) is 0 Å². The van der Waals surface area contributed by atoms with Crippen LogP contribution in [0, 0.1) is 11.7 Å². The first kappa shape index (κ1) is 18.0. The molecule has 6 nitrogen and oxygen atoms in total. The molecule has 24 heavy (non-hydrogen) atoms. The predicted molar refractivity (Wildman–Crippen MR) is 89.5 cm³/mol. The molecule has 0 fully saturated rings. The molecule has 0 bridgehead atoms. The summed E-state index contributed by atoms with van der Waals surface area (Å²) < 4.78 is 13.2. The van der Waals surface area contributed by atoms with E-state index in [0.29, 0.717) is 17.3 Å². The van der Waals surface area contributed by atoms with Gasteiger partial charge in [0.05, 0.1) is 0 Å². The Balaban J connectivity index is 1.84. The van der Waals surface area contributed by atoms with Gasteiger partial charge in [-0.05, 0) is 36.6 Å². The summed E-state index contributed by atoms with van der Waals surface area (Å²) in [6, 6.07) is 6.07. The van der Waals surface area contributed by atoms with Crippen LogP contribution >= 0.6 is 0 Å². The van der Waals surface area contributed by atoms with Gasteiger partial charge in [-0.15, -0.1) is 10.2 Å². The van der Waals surface area contributed by atoms with Crippen molar-refractivity contribution in [1.29, 1.82) is 0 Å². The maximum atomic E-state index is 13.2. The van der Waals surface area contributed by atoms with Crippen molar-refractivity contribution in [1.82, 2.24) is 25.5 Å². The number of hydrogen-bond donors (Lipinski definition) is 1. The zero-order valence-corrected chi connectivity index (χ0v) is 14.4. The second-order valence-electron chi connectivity index (χ2n) is 6.45. The van der Waals surface area contributed by atoms with Gasteiger partial charge in [0.15, 0.2) is 0 Å². The minimum atomic E-state index is -0.364. The number of halogens is 1. The monoisotopic (exact) mass is 333 g/mol. The fourth-order valence-electron chi connectivity index (χ4n) is 2.41. The predicted octanol–water partition coefficient (Wildman–Crippen LogP) is 2.81. The quantitative estimate of drug-likeness (QED) is 0.806. The molecule has 1 atom stereocenters. The van der Waals surface area contributed by atoms with Gasteiger partial charge in [0.1, 0.15) is 12.4 Å². The highest BCUT2D eigenvalue weighted by Crippen LogP contribution is 2.14. The molecule has 2 aromatic rings. The molecule has 0 saturated carbocycles. The molecule has 1 aromatic carbocycles. The number of benzene rings is 1. The number of nitrogens with zero attached hydrogens (tertiary/aromatic N) is 4. The third-order valence-corrected chi connectivity index (χ3v) is 3.65. The topological polar surface area (TPSA) is 72.7 Å². The highest BCUT2D eigenvalue weighted by Gasteiger charge is 2.12. The lowest BCUT2D eigenvalue weighted by Gasteiger charge is -2.14. The summed E-state index contributed by atoms with van der Waals surface area (Å²) in [5, 5.41) is 14.8. The Morgan fingerprint density at radius 3 is 2.79 bits per heavy atom. The Kier molecular flexibility index (Phi) is 6.40. The maximum absolute atomic E-state index is 13.2. The number of rotatable bonds is 8. The summed E-state index contributed by atoms with van der Waals surface area (Å²) in [6.45, 7) is 6.37. The van der Waals surface area contributed by atoms with Crippen LogP contribution in [0.25, 0.3) is 11.4 Å². The van der Waals surface area contributed by atoms with Crippen LogP contribution < -0.4 is 5.32 Å². The second-order valence-corrected chi connectivity index (χ2v) is 6.45. The SMILES string of the molecule is CC(C)CCC[C@@H](C)NC(=O)Cn1nnc(-c2cccc(F)c2)n1. The molecule has 1 N–H and O–H groups in total. The molecule has 1 aromatic heterocycles. The van der Waals surface area contributed by atoms with Crippen LogP contribution in [0.2, 0.25) is 0 Å². The number of amides is 1. The molecular formula is C17H24FN5O. The maximum Gasteiger partial charge on any atom is 0.243 e. The van der Waals surface area contributed by atoms with Crippen LogP contribution in [0.4, 0.5) is 4.39 Å². The molecule has 1 heterocycles. The van der Waals surface area contributed by atoms with E-state index in [1.54, 1.807) is 12.1 Å². The van der Waals surface area contributed by atoms with Gasteiger partial charge >= 0.3 is 0 Å². The number of nitrogens with one attached hydrogen (secondary N) is 1. The third-order valence-electron chi connectivity index (χ3n) is 3.65. The van der Waals surface area contributed by atoms with Crippen molar-refractivity contribution < 1.29 is 9.18 Å². The molecule has 0 radical (unpaired) electrons. The van der Waals surface area contributed by atoms with Crippen LogP contribution in [0.5, 0.6) is 0 Å². The van der Waals surface area contributed by atoms with E-state index in [-0.39, 0.29) is 24.3 Å². The van der Waals surface area contributed by atoms with E-state index < -0.39 is 0 Å². The molecule has 7 heteroatoms. The Morgan fingerprint density at radius 2 is 2.08 bits per heavy atom. The van der Waals surface area contributed by atoms with Gasteiger partial charge in [0, 0.05) is 11.6 Å². The van der Waals surface area contributed by atoms with Crippen LogP contribution in [0.15, 0.2) is 24.3 Å². The van der Waals surface area contributed by atoms with Gasteiger partial charge in [-0.25, -0.2) is 4.39 Å². The van der Waals surface area contributed by atoms with E-state index in [0.717, 1.165) is 19.3 Å². The Labute approximate surface area is 141 Å². The second kappa shape index (κ2) is 8.52. The minimum Gasteiger partial charge on any atom is -0.352 e. The Bertz CT molecular complexity index is 671. The molecule has 0 aliphatic carbocycles. The molecule has 0 spiro atoms. The smallest absolute Gasteiger partial charge is 0.243 e. The lowest BCUT2D eigenvalue weighted by Crippen LogP contribution is -2.35. The average Bonchev–Trinajstić information content (AvgIpc) is 2.95. The molecule has 1 amide bonds. The zero-order valence-electron chi connectivity index (χ0n) is 14.4. The zero-order chi connectivity index (χ0) is 17.5. The van der Waals surface area contributed by atoms with Crippen LogP contribution in [-0.2, 0) is 11.3 Å². The number of aromatic nitrogens is 4. The van der Waals surface area contributed by atoms with E-state index in [9.17, 15) is 9.18 Å². The summed E-state index contributed by atoms with van der Waals surface area (Å²) >= 11 is 0. The lowest BCUT2D eigenvalue weighted by molar-refractivity contribution is -0.122. The Morgan fingerprint density at radius 1 is 1.29 bits per heavy atom. The third kappa shape index (κ3) is 5.72. The molecule has 0 aliphatic heterocycles. The summed E-state index contributed by atoms with van der Waals surface area (Å²) in [5.74, 6) is 0.452. The van der Waals surface area contributed by atoms with Crippen molar-refractivity contribution in [3.8, 4) is 11.4 Å². The number of carbonyl (C=O) groups is 1. The van der Waals surface area contributed by atoms with E-state index >= 15 is 0 Å². The first-order valence-electron chi connectivity index (χ1n) is 8.27. The van der Waals surface area contributed by atoms with Gasteiger partial charge in [0.2, 0.25) is 11.7 Å². The highest BCUT2D eigenvalue weighted by molar-refractivity contribution is 5.75. The summed E-state index contributed by atoms with van der Waals surface area (Å²) in [6.07, 6.45) is 3.19. The highest BCUT2D eigenvalue weighted by atomic mass is 19.1. The number of hydrogen-bond acceptors (Lipinski definition) is 4. The fraction of sp³-hybridized carbons (Fsp3) is 0.529. The molecular weight excluding hydrogens is 309 g/mol. The molecule has 0 saturated heterocycles. The van der Waals surface area contributed by atoms with E-state index in [4.69, 9.17) is 0 Å². The van der Waals surface area contributed by atoms with Gasteiger partial charge in [-0.3, -0.25) is 4.79 Å². The van der Waals surface area contributed by atoms with Crippen molar-refractivity contribution in [2.75, 3.05) is 0 Å². The number of tetrazole rings is 1. The van der Waals surface area contributed by atoms with Crippen LogP contribution in [0.1, 0.15) is 40.0 Å². The standard InChI is InChI=1S/C17H24FN5O/c1-12(2)6-4-7-13(3)19-16(24)11-23-21-17(20-22-23)14-8-5-9-15(18)10-14/h5,8-10,12-13H,4,6-7,11H2,1-3H3,(H,19,24)/t13-/m1/s1. The van der Waals surface area contributed by atoms with Crippen LogP contribution in [-0.4, -0.2) is 32.2 Å². The van der Waals surface area contributed by atoms with Gasteiger partial charge < -0.3 is 5.32 Å². The molecule has 0 unspecified atom stereocenters. The summed E-state index contributed by atoms with van der Waals surface area (Å²) in [7, 11) is 0. The molecule has 2 rings (SSSR count). The Hall–Kier alpha value is -2.31. The van der Waals surface area contributed by atoms with Crippen molar-refractivity contribution in [2.45, 2.75) is 52.6 Å². The summed E-state index contributed by atoms with van der Waals surface area (Å²) in [5.41, 5.74) is 0.531. The number of carbonyl (C=O) groups excluding carboxylic acids is 1. The van der Waals surface area contributed by atoms with Crippen LogP contribution in [0.3, 0.4) is 0 Å². The first-order valence-corrected chi connectivity index (χ1v) is 8.27. The van der Waals surface area contributed by atoms with Gasteiger partial charge in [0.25, 0.3) is 0 Å². The van der Waals surface area contributed by atoms with E-state index in [2.05, 4.69) is 34.6 Å². The lowest BCUT2D eigenvalue weighted by atomic mass is 10.0. The molecule has 130 valence electrons. The first-order chi connectivity index (χ1) is 11.4. The van der Waals surface area contributed by atoms with Crippen molar-refractivity contribution in [3.05, 3.63) is 30.1 Å². The fourth-order valence-corrected chi connectivity index (χ4v) is 2.41. The minimum absolute atomic E-state index is 0.00314. The van der Waals surface area contributed by atoms with E-state index in [1.165, 1.54) is 16.9 Å². The van der Waals surface area contributed by atoms with E-state index in [1.807, 2.05) is 6.92 Å². The van der Waals surface area contributed by atoms with Gasteiger partial charge in [-0.1, -0.05) is 38.8 Å². The normalized spacial score (nSPS) is 12.4. The average molecular weight is 333 g/mol. The van der Waals surface area contributed by atoms with Crippen molar-refractivity contribution in [2.24, 2.45) is 5.92 Å². The summed E-state index contributed by atoms with van der Waals surface area (Å²) in [4.78, 5) is 13.2. The van der Waals surface area contributed by atoms with Gasteiger partial charge in [-0.2, -0.15) is 4.80 Å². The van der Waals surface area contributed by atoms with Crippen molar-refractivity contribution >= 4 is 5.91 Å². The largest absolute Gasteiger partial charge is 0.352 e.